The van der Waals surface area contributed by atoms with Crippen molar-refractivity contribution in [3.8, 4) is 0 Å². The minimum Gasteiger partial charge on any atom is -1.00 e. The van der Waals surface area contributed by atoms with E-state index in [9.17, 15) is 9.59 Å². The van der Waals surface area contributed by atoms with Crippen LogP contribution in [0.25, 0.3) is 0 Å². The van der Waals surface area contributed by atoms with Crippen LogP contribution in [-0.2, 0) is 14.3 Å². The van der Waals surface area contributed by atoms with E-state index >= 15 is 0 Å². The molecule has 218 valence electrons. The van der Waals surface area contributed by atoms with E-state index in [2.05, 4.69) is 33.8 Å². The van der Waals surface area contributed by atoms with Crippen molar-refractivity contribution in [2.24, 2.45) is 0 Å². The van der Waals surface area contributed by atoms with Crippen molar-refractivity contribution in [1.82, 2.24) is 0 Å². The average Bonchev–Trinajstić information content (AvgIpc) is 2.80. The van der Waals surface area contributed by atoms with Gasteiger partial charge in [0.15, 0.2) is 6.54 Å². The van der Waals surface area contributed by atoms with Gasteiger partial charge in [-0.3, -0.25) is 4.79 Å². The van der Waals surface area contributed by atoms with Crippen LogP contribution in [0, 0.1) is 0 Å². The first-order valence-electron chi connectivity index (χ1n) is 14.9. The molecule has 0 N–H and O–H groups in total. The third-order valence-electron chi connectivity index (χ3n) is 6.88. The molecule has 0 spiro atoms. The van der Waals surface area contributed by atoms with Crippen molar-refractivity contribution < 1.29 is 35.8 Å². The monoisotopic (exact) mass is 585 g/mol. The summed E-state index contributed by atoms with van der Waals surface area (Å²) in [6, 6.07) is 0. The summed E-state index contributed by atoms with van der Waals surface area (Å²) in [7, 11) is 4.00. The zero-order valence-electron chi connectivity index (χ0n) is 25.3. The largest absolute Gasteiger partial charge is 1.00 e. The zero-order valence-corrected chi connectivity index (χ0v) is 26.9. The van der Waals surface area contributed by atoms with Crippen LogP contribution in [0.5, 0.6) is 0 Å². The van der Waals surface area contributed by atoms with E-state index in [0.29, 0.717) is 42.8 Å². The molecule has 0 fully saturated rings. The molecular formula is C32H60BrNO3. The summed E-state index contributed by atoms with van der Waals surface area (Å²) in [6.45, 7) is 9.88. The number of unbranched alkanes of at least 4 members (excludes halogenated alkanes) is 12. The van der Waals surface area contributed by atoms with E-state index in [4.69, 9.17) is 4.74 Å². The molecule has 0 bridgehead atoms. The van der Waals surface area contributed by atoms with Gasteiger partial charge in [0.05, 0.1) is 27.1 Å². The minimum absolute atomic E-state index is 0. The van der Waals surface area contributed by atoms with E-state index in [-0.39, 0.29) is 23.0 Å². The van der Waals surface area contributed by atoms with Gasteiger partial charge in [-0.25, -0.2) is 4.79 Å². The lowest BCUT2D eigenvalue weighted by atomic mass is 10.0. The topological polar surface area (TPSA) is 43.4 Å². The molecule has 0 unspecified atom stereocenters. The smallest absolute Gasteiger partial charge is 0.362 e. The van der Waals surface area contributed by atoms with E-state index in [1.165, 1.54) is 81.8 Å². The summed E-state index contributed by atoms with van der Waals surface area (Å²) in [5, 5.41) is 0. The number of ketones is 1. The summed E-state index contributed by atoms with van der Waals surface area (Å²) in [4.78, 5) is 24.5. The van der Waals surface area contributed by atoms with E-state index in [0.717, 1.165) is 25.7 Å². The maximum Gasteiger partial charge on any atom is 0.362 e. The number of halogens is 1. The van der Waals surface area contributed by atoms with Crippen LogP contribution < -0.4 is 17.0 Å². The normalized spacial score (nSPS) is 11.7. The van der Waals surface area contributed by atoms with E-state index in [1.807, 2.05) is 20.2 Å². The Bertz CT molecular complexity index is 636. The first kappa shape index (κ1) is 38.2. The van der Waals surface area contributed by atoms with Crippen LogP contribution in [-0.4, -0.2) is 50.0 Å². The molecule has 0 heterocycles. The molecule has 0 saturated carbocycles. The number of quaternary nitrogens is 1. The Balaban J connectivity index is 0. The molecule has 0 radical (unpaired) electrons. The molecule has 0 atom stereocenters. The van der Waals surface area contributed by atoms with Gasteiger partial charge in [0.25, 0.3) is 0 Å². The molecule has 0 aliphatic heterocycles. The molecule has 0 saturated heterocycles. The second kappa shape index (κ2) is 25.3. The number of carbonyl (C=O) groups excluding carboxylic acids is 2. The number of ether oxygens (including phenoxy) is 1. The second-order valence-electron chi connectivity index (χ2n) is 11.7. The lowest BCUT2D eigenvalue weighted by Gasteiger charge is -2.28. The van der Waals surface area contributed by atoms with E-state index < -0.39 is 0 Å². The number of carbonyl (C=O) groups is 2. The van der Waals surface area contributed by atoms with Crippen LogP contribution >= 0.6 is 0 Å². The molecule has 0 aromatic heterocycles. The van der Waals surface area contributed by atoms with Gasteiger partial charge in [-0.1, -0.05) is 101 Å². The standard InChI is InChI=1S/C32H60NO3.BrH/c1-7-8-9-10-11-12-13-14-15-16-17-18-19-23-31(34)24-26-33(5,6)28-32(35)36-27-25-30(4)22-20-21-29(2)3;/h21,25H,7-20,22-24,26-28H2,1-6H3;1H/q+1;/p-1/b30-25+;. The number of nitrogens with zero attached hydrogens (tertiary/aromatic N) is 1. The molecule has 5 heteroatoms. The number of rotatable bonds is 24. The summed E-state index contributed by atoms with van der Waals surface area (Å²) in [5.41, 5.74) is 2.57. The Morgan fingerprint density at radius 2 is 1.22 bits per heavy atom. The number of allylic oxidation sites excluding steroid dienone is 3. The average molecular weight is 587 g/mol. The van der Waals surface area contributed by atoms with Crippen molar-refractivity contribution in [3.05, 3.63) is 23.3 Å². The van der Waals surface area contributed by atoms with Gasteiger partial charge in [0.2, 0.25) is 0 Å². The Labute approximate surface area is 241 Å². The molecule has 0 aliphatic carbocycles. The third kappa shape index (κ3) is 27.9. The SMILES string of the molecule is CCCCCCCCCCCCCCCC(=O)CC[N+](C)(C)CC(=O)OC/C=C(\C)CCC=C(C)C.[Br-]. The molecule has 0 amide bonds. The maximum atomic E-state index is 12.3. The third-order valence-corrected chi connectivity index (χ3v) is 6.88. The summed E-state index contributed by atoms with van der Waals surface area (Å²) in [6.07, 6.45) is 24.6. The lowest BCUT2D eigenvalue weighted by Crippen LogP contribution is -3.00. The van der Waals surface area contributed by atoms with Crippen molar-refractivity contribution in [1.29, 1.82) is 0 Å². The van der Waals surface area contributed by atoms with Crippen molar-refractivity contribution >= 4 is 11.8 Å². The van der Waals surface area contributed by atoms with Crippen molar-refractivity contribution in [3.63, 3.8) is 0 Å². The Morgan fingerprint density at radius 3 is 1.73 bits per heavy atom. The summed E-state index contributed by atoms with van der Waals surface area (Å²) >= 11 is 0. The molecular weight excluding hydrogens is 526 g/mol. The predicted octanol–water partition coefficient (Wildman–Crippen LogP) is 5.74. The molecule has 4 nitrogen and oxygen atoms in total. The quantitative estimate of drug-likeness (QED) is 0.0627. The van der Waals surface area contributed by atoms with Crippen molar-refractivity contribution in [2.45, 2.75) is 137 Å². The van der Waals surface area contributed by atoms with Crippen molar-refractivity contribution in [2.75, 3.05) is 33.8 Å². The molecule has 0 aliphatic rings. The predicted molar refractivity (Wildman–Crippen MR) is 155 cm³/mol. The van der Waals surface area contributed by atoms with Gasteiger partial charge in [0.1, 0.15) is 12.4 Å². The minimum atomic E-state index is -0.197. The highest BCUT2D eigenvalue weighted by Crippen LogP contribution is 2.13. The van der Waals surface area contributed by atoms with Gasteiger partial charge in [-0.2, -0.15) is 0 Å². The summed E-state index contributed by atoms with van der Waals surface area (Å²) in [5.74, 6) is 0.129. The van der Waals surface area contributed by atoms with Gasteiger partial charge in [-0.15, -0.1) is 0 Å². The first-order valence-corrected chi connectivity index (χ1v) is 14.9. The fourth-order valence-corrected chi connectivity index (χ4v) is 4.33. The Morgan fingerprint density at radius 1 is 0.703 bits per heavy atom. The van der Waals surface area contributed by atoms with Crippen LogP contribution in [0.3, 0.4) is 0 Å². The van der Waals surface area contributed by atoms with E-state index in [1.54, 1.807) is 0 Å². The highest BCUT2D eigenvalue weighted by molar-refractivity contribution is 5.78. The Hall–Kier alpha value is -0.940. The number of likely N-dealkylation sites (N-methyl/N-ethyl adjacent to an activating group) is 1. The number of esters is 1. The van der Waals surface area contributed by atoms with Gasteiger partial charge in [-0.05, 0) is 46.1 Å². The molecule has 0 aromatic carbocycles. The lowest BCUT2D eigenvalue weighted by molar-refractivity contribution is -0.882. The maximum absolute atomic E-state index is 12.3. The molecule has 37 heavy (non-hydrogen) atoms. The zero-order chi connectivity index (χ0) is 27.1. The van der Waals surface area contributed by atoms with Gasteiger partial charge >= 0.3 is 5.97 Å². The fraction of sp³-hybridized carbons (Fsp3) is 0.812. The van der Waals surface area contributed by atoms with Crippen LogP contribution in [0.4, 0.5) is 0 Å². The highest BCUT2D eigenvalue weighted by atomic mass is 79.9. The molecule has 0 aromatic rings. The number of hydrogen-bond acceptors (Lipinski definition) is 3. The molecule has 0 rings (SSSR count). The fourth-order valence-electron chi connectivity index (χ4n) is 4.33. The Kier molecular flexibility index (Phi) is 26.2. The van der Waals surface area contributed by atoms with Crippen LogP contribution in [0.1, 0.15) is 137 Å². The van der Waals surface area contributed by atoms with Crippen LogP contribution in [0.15, 0.2) is 23.3 Å². The highest BCUT2D eigenvalue weighted by Gasteiger charge is 2.22. The first-order chi connectivity index (χ1) is 17.2. The number of hydrogen-bond donors (Lipinski definition) is 0. The summed E-state index contributed by atoms with van der Waals surface area (Å²) < 4.78 is 5.90. The van der Waals surface area contributed by atoms with Crippen LogP contribution in [0.2, 0.25) is 0 Å². The number of Topliss-reactive ketones (excluding diaryl/α,β-unsaturated/α-hetero) is 1. The second-order valence-corrected chi connectivity index (χ2v) is 11.7. The van der Waals surface area contributed by atoms with Gasteiger partial charge in [0, 0.05) is 6.42 Å². The van der Waals surface area contributed by atoms with Gasteiger partial charge < -0.3 is 26.2 Å².